The van der Waals surface area contributed by atoms with Crippen LogP contribution in [0.4, 0.5) is 14.0 Å². The molecule has 0 spiro atoms. The van der Waals surface area contributed by atoms with Gasteiger partial charge in [-0.1, -0.05) is 30.7 Å². The molecule has 5 rings (SSSR count). The van der Waals surface area contributed by atoms with Gasteiger partial charge in [0, 0.05) is 16.7 Å². The summed E-state index contributed by atoms with van der Waals surface area (Å²) in [5.41, 5.74) is -6.91. The predicted octanol–water partition coefficient (Wildman–Crippen LogP) is 1.54. The first-order valence-corrected chi connectivity index (χ1v) is 16.0. The van der Waals surface area contributed by atoms with Crippen molar-refractivity contribution in [1.29, 1.82) is 0 Å². The van der Waals surface area contributed by atoms with Crippen molar-refractivity contribution in [2.24, 2.45) is 22.7 Å². The number of alkyl halides is 1. The van der Waals surface area contributed by atoms with E-state index in [0.717, 1.165) is 0 Å². The molecule has 4 aliphatic carbocycles. The number of hydrogen-bond acceptors (Lipinski definition) is 15. The Morgan fingerprint density at radius 2 is 1.82 bits per heavy atom. The standard InChI is InChI=1S/C33H39FN2O15/c1-30-9-8-19(37)11-18(30)6-7-21-22-12-24(38)33(45,31(22,2)13-25(39)32(21,30)34)26(40)16-48-28(43)35-23(27(41)42)15-49-29(44)51-20-5-3-4-17(10-20)14-50-36(46)47/h3-5,8-11,21-25,38-39,45-47H,6-7,12-16H2,1-2H3,(H,35,43)(H,41,42)/t21-,22-,23?,24+,25-,30-,31-,32-,33-/m0/s1. The number of fused-ring (bicyclic) bond motifs is 5. The molecule has 9 atom stereocenters. The summed E-state index contributed by atoms with van der Waals surface area (Å²) in [5.74, 6) is -4.92. The maximum atomic E-state index is 17.3. The van der Waals surface area contributed by atoms with Crippen molar-refractivity contribution in [2.45, 2.75) is 75.7 Å². The van der Waals surface area contributed by atoms with Crippen LogP contribution in [-0.2, 0) is 35.3 Å². The minimum atomic E-state index is -2.59. The van der Waals surface area contributed by atoms with E-state index < -0.39 is 101 Å². The van der Waals surface area contributed by atoms with Crippen LogP contribution >= 0.6 is 0 Å². The lowest BCUT2D eigenvalue weighted by Crippen LogP contribution is -2.69. The van der Waals surface area contributed by atoms with Gasteiger partial charge in [0.2, 0.25) is 5.78 Å². The molecule has 7 N–H and O–H groups in total. The van der Waals surface area contributed by atoms with E-state index in [2.05, 4.69) is 4.84 Å². The number of aliphatic hydroxyl groups is 3. The summed E-state index contributed by atoms with van der Waals surface area (Å²) in [5, 5.41) is 62.5. The number of nitrogens with zero attached hydrogens (tertiary/aromatic N) is 1. The fourth-order valence-corrected chi connectivity index (χ4v) is 8.44. The number of allylic oxidation sites excluding steroid dienone is 4. The van der Waals surface area contributed by atoms with Gasteiger partial charge in [0.15, 0.2) is 29.7 Å². The van der Waals surface area contributed by atoms with E-state index in [1.165, 1.54) is 49.4 Å². The van der Waals surface area contributed by atoms with Crippen molar-refractivity contribution in [2.75, 3.05) is 13.2 Å². The Balaban J connectivity index is 1.19. The SMILES string of the molecule is C[C@]12C=CC(=O)C=C1CC[C@H]1[C@@H]3C[C@@H](O)[C@](O)(C(=O)COC(=O)NC(COC(=O)Oc4cccc(CON(O)O)c4)C(=O)O)[C@@]3(C)C[C@H](O)[C@@]12F. The van der Waals surface area contributed by atoms with E-state index in [0.29, 0.717) is 17.6 Å². The number of rotatable bonds is 11. The highest BCUT2D eigenvalue weighted by molar-refractivity contribution is 6.01. The Morgan fingerprint density at radius 3 is 2.51 bits per heavy atom. The number of carbonyl (C=O) groups excluding carboxylic acids is 4. The first kappa shape index (κ1) is 37.9. The number of ketones is 2. The highest BCUT2D eigenvalue weighted by Gasteiger charge is 2.76. The van der Waals surface area contributed by atoms with Crippen LogP contribution in [0.5, 0.6) is 5.75 Å². The molecule has 278 valence electrons. The second kappa shape index (κ2) is 14.0. The Hall–Kier alpha value is -4.30. The van der Waals surface area contributed by atoms with Crippen LogP contribution in [0.1, 0.15) is 45.1 Å². The van der Waals surface area contributed by atoms with Gasteiger partial charge in [0.05, 0.1) is 24.2 Å². The Labute approximate surface area is 289 Å². The highest BCUT2D eigenvalue weighted by atomic mass is 19.1. The van der Waals surface area contributed by atoms with Crippen molar-refractivity contribution >= 4 is 29.8 Å². The van der Waals surface area contributed by atoms with E-state index in [1.54, 1.807) is 6.92 Å². The van der Waals surface area contributed by atoms with Gasteiger partial charge in [0.25, 0.3) is 0 Å². The van der Waals surface area contributed by atoms with Crippen LogP contribution < -0.4 is 10.1 Å². The van der Waals surface area contributed by atoms with Gasteiger partial charge in [-0.15, -0.1) is 0 Å². The Bertz CT molecular complexity index is 1650. The number of alkyl carbamates (subject to hydrolysis) is 1. The number of aliphatic hydroxyl groups excluding tert-OH is 2. The smallest absolute Gasteiger partial charge is 0.480 e. The maximum Gasteiger partial charge on any atom is 0.513 e. The Morgan fingerprint density at radius 1 is 1.10 bits per heavy atom. The van der Waals surface area contributed by atoms with Crippen molar-refractivity contribution in [3.63, 3.8) is 0 Å². The van der Waals surface area contributed by atoms with Crippen LogP contribution in [0.3, 0.4) is 0 Å². The molecule has 4 aliphatic rings. The minimum Gasteiger partial charge on any atom is -0.480 e. The molecule has 1 amide bonds. The van der Waals surface area contributed by atoms with Gasteiger partial charge in [0.1, 0.15) is 12.4 Å². The van der Waals surface area contributed by atoms with Gasteiger partial charge < -0.3 is 40.0 Å². The lowest BCUT2D eigenvalue weighted by atomic mass is 9.44. The molecule has 0 saturated heterocycles. The summed E-state index contributed by atoms with van der Waals surface area (Å²) in [6.07, 6.45) is -2.38. The van der Waals surface area contributed by atoms with Gasteiger partial charge in [-0.25, -0.2) is 23.6 Å². The molecular weight excluding hydrogens is 683 g/mol. The van der Waals surface area contributed by atoms with E-state index in [9.17, 15) is 44.4 Å². The fourth-order valence-electron chi connectivity index (χ4n) is 8.44. The Kier molecular flexibility index (Phi) is 10.4. The number of carboxylic acid groups (broad SMARTS) is 1. The van der Waals surface area contributed by atoms with Gasteiger partial charge in [-0.3, -0.25) is 20.0 Å². The normalized spacial score (nSPS) is 34.4. The molecule has 0 heterocycles. The number of halogens is 1. The zero-order valence-electron chi connectivity index (χ0n) is 27.6. The number of carboxylic acids is 1. The molecule has 3 saturated carbocycles. The molecule has 0 aliphatic heterocycles. The molecule has 18 heteroatoms. The molecule has 3 fully saturated rings. The lowest BCUT2D eigenvalue weighted by molar-refractivity contribution is -0.497. The lowest BCUT2D eigenvalue weighted by Gasteiger charge is -2.62. The molecule has 1 unspecified atom stereocenters. The van der Waals surface area contributed by atoms with Gasteiger partial charge >= 0.3 is 18.2 Å². The van der Waals surface area contributed by atoms with E-state index in [-0.39, 0.29) is 31.0 Å². The quantitative estimate of drug-likeness (QED) is 0.0971. The molecule has 0 aromatic heterocycles. The zero-order valence-corrected chi connectivity index (χ0v) is 27.6. The van der Waals surface area contributed by atoms with Crippen LogP contribution in [0, 0.1) is 22.7 Å². The van der Waals surface area contributed by atoms with E-state index in [4.69, 9.17) is 24.6 Å². The highest BCUT2D eigenvalue weighted by Crippen LogP contribution is 2.69. The van der Waals surface area contributed by atoms with E-state index >= 15 is 4.39 Å². The van der Waals surface area contributed by atoms with Crippen molar-refractivity contribution < 1.29 is 78.3 Å². The number of amides is 1. The van der Waals surface area contributed by atoms with Gasteiger partial charge in [-0.05, 0) is 68.4 Å². The summed E-state index contributed by atoms with van der Waals surface area (Å²) in [7, 11) is 0. The molecule has 17 nitrogen and oxygen atoms in total. The average Bonchev–Trinajstić information content (AvgIpc) is 3.26. The molecule has 0 bridgehead atoms. The third kappa shape index (κ3) is 6.63. The number of ether oxygens (including phenoxy) is 3. The molecule has 1 aromatic rings. The minimum absolute atomic E-state index is 0.0754. The van der Waals surface area contributed by atoms with Gasteiger partial charge in [-0.2, -0.15) is 0 Å². The second-order valence-corrected chi connectivity index (χ2v) is 13.7. The molecule has 1 aromatic carbocycles. The first-order valence-electron chi connectivity index (χ1n) is 16.0. The number of benzene rings is 1. The van der Waals surface area contributed by atoms with Crippen LogP contribution in [0.15, 0.2) is 48.1 Å². The third-order valence-electron chi connectivity index (χ3n) is 11.0. The van der Waals surface area contributed by atoms with Crippen molar-refractivity contribution in [1.82, 2.24) is 10.7 Å². The summed E-state index contributed by atoms with van der Waals surface area (Å²) in [6, 6.07) is 3.67. The fraction of sp³-hybridized carbons (Fsp3) is 0.545. The van der Waals surface area contributed by atoms with Crippen molar-refractivity contribution in [3.8, 4) is 5.75 Å². The maximum absolute atomic E-state index is 17.3. The van der Waals surface area contributed by atoms with Crippen LogP contribution in [0.25, 0.3) is 0 Å². The topological polar surface area (TPSA) is 259 Å². The largest absolute Gasteiger partial charge is 0.513 e. The first-order chi connectivity index (χ1) is 23.9. The summed E-state index contributed by atoms with van der Waals surface area (Å²) >= 11 is 0. The second-order valence-electron chi connectivity index (χ2n) is 13.7. The van der Waals surface area contributed by atoms with Crippen LogP contribution in [-0.4, -0.2) is 109 Å². The summed E-state index contributed by atoms with van der Waals surface area (Å²) in [4.78, 5) is 66.5. The van der Waals surface area contributed by atoms with E-state index in [1.807, 2.05) is 5.32 Å². The number of carbonyl (C=O) groups is 5. The zero-order chi connectivity index (χ0) is 37.5. The van der Waals surface area contributed by atoms with Crippen LogP contribution in [0.2, 0.25) is 0 Å². The number of Topliss-reactive ketones (excluding diaryl/α,β-unsaturated/α-hetero) is 1. The molecular formula is C33H39FN2O15. The summed E-state index contributed by atoms with van der Waals surface area (Å²) < 4.78 is 31.9. The predicted molar refractivity (Wildman–Crippen MR) is 164 cm³/mol. The third-order valence-corrected chi connectivity index (χ3v) is 11.0. The summed E-state index contributed by atoms with van der Waals surface area (Å²) in [6.45, 7) is 0.649. The van der Waals surface area contributed by atoms with Crippen molar-refractivity contribution in [3.05, 3.63) is 53.6 Å². The molecule has 51 heavy (non-hydrogen) atoms. The number of nitrogens with one attached hydrogen (secondary N) is 1. The number of aliphatic carboxylic acids is 1. The average molecular weight is 723 g/mol. The number of hydrogen-bond donors (Lipinski definition) is 7. The monoisotopic (exact) mass is 722 g/mol. The molecule has 0 radical (unpaired) electrons.